The number of nitrogens with zero attached hydrogens (tertiary/aromatic N) is 2. The van der Waals surface area contributed by atoms with E-state index in [1.165, 1.54) is 0 Å². The van der Waals surface area contributed by atoms with Gasteiger partial charge in [-0.15, -0.1) is 0 Å². The number of carbonyl (C=O) groups excluding carboxylic acids is 1. The van der Waals surface area contributed by atoms with Gasteiger partial charge in [-0.25, -0.2) is 0 Å². The highest BCUT2D eigenvalue weighted by molar-refractivity contribution is 5.96. The third-order valence-electron chi connectivity index (χ3n) is 4.25. The molecule has 0 aliphatic heterocycles. The molecule has 130 valence electrons. The summed E-state index contributed by atoms with van der Waals surface area (Å²) in [4.78, 5) is 17.4. The Labute approximate surface area is 140 Å². The second-order valence-corrected chi connectivity index (χ2v) is 5.41. The highest BCUT2D eigenvalue weighted by Gasteiger charge is 2.26. The molecule has 0 fully saturated rings. The molecule has 5 heteroatoms. The number of ether oxygens (including phenoxy) is 1. The quantitative estimate of drug-likeness (QED) is 0.720. The lowest BCUT2D eigenvalue weighted by Crippen LogP contribution is -2.50. The molecule has 0 aliphatic carbocycles. The lowest BCUT2D eigenvalue weighted by Gasteiger charge is -2.32. The lowest BCUT2D eigenvalue weighted by molar-refractivity contribution is -0.121. The van der Waals surface area contributed by atoms with Crippen molar-refractivity contribution >= 4 is 11.6 Å². The molecule has 0 heterocycles. The van der Waals surface area contributed by atoms with Crippen LogP contribution in [0.4, 0.5) is 5.69 Å². The monoisotopic (exact) mass is 321 g/mol. The van der Waals surface area contributed by atoms with Crippen molar-refractivity contribution in [3.8, 4) is 5.75 Å². The third kappa shape index (κ3) is 5.52. The molecule has 1 N–H and O–H groups in total. The molecule has 1 aromatic carbocycles. The molecule has 1 unspecified atom stereocenters. The number of hydrogen-bond acceptors (Lipinski definition) is 4. The Hall–Kier alpha value is -1.59. The van der Waals surface area contributed by atoms with E-state index in [0.29, 0.717) is 5.75 Å². The third-order valence-corrected chi connectivity index (χ3v) is 4.25. The van der Waals surface area contributed by atoms with Crippen molar-refractivity contribution < 1.29 is 9.53 Å². The number of benzene rings is 1. The minimum absolute atomic E-state index is 0.0186. The summed E-state index contributed by atoms with van der Waals surface area (Å²) < 4.78 is 5.32. The Balaban J connectivity index is 2.93. The first-order valence-electron chi connectivity index (χ1n) is 8.51. The fourth-order valence-corrected chi connectivity index (χ4v) is 2.72. The van der Waals surface area contributed by atoms with Crippen molar-refractivity contribution in [1.82, 2.24) is 9.80 Å². The summed E-state index contributed by atoms with van der Waals surface area (Å²) in [6.07, 6.45) is 0. The maximum absolute atomic E-state index is 12.9. The summed E-state index contributed by atoms with van der Waals surface area (Å²) in [5, 5.41) is 3.03. The maximum atomic E-state index is 12.9. The van der Waals surface area contributed by atoms with Crippen LogP contribution < -0.4 is 10.1 Å². The van der Waals surface area contributed by atoms with Gasteiger partial charge >= 0.3 is 0 Å². The van der Waals surface area contributed by atoms with Gasteiger partial charge in [-0.3, -0.25) is 9.69 Å². The fraction of sp³-hybridized carbons (Fsp3) is 0.611. The largest absolute Gasteiger partial charge is 0.495 e. The SMILES string of the molecule is CCN(CC)CC(C(=O)Nc1ccccc1OC)N(CC)CC. The van der Waals surface area contributed by atoms with E-state index >= 15 is 0 Å². The van der Waals surface area contributed by atoms with Gasteiger partial charge in [0.15, 0.2) is 0 Å². The zero-order chi connectivity index (χ0) is 17.2. The molecule has 1 rings (SSSR count). The van der Waals surface area contributed by atoms with Gasteiger partial charge in [0.05, 0.1) is 12.8 Å². The molecule has 1 atom stereocenters. The Morgan fingerprint density at radius 2 is 1.70 bits per heavy atom. The molecule has 0 spiro atoms. The number of nitrogens with one attached hydrogen (secondary N) is 1. The Bertz CT molecular complexity index is 471. The number of anilines is 1. The van der Waals surface area contributed by atoms with Crippen molar-refractivity contribution in [2.75, 3.05) is 45.2 Å². The van der Waals surface area contributed by atoms with E-state index in [1.807, 2.05) is 24.3 Å². The minimum atomic E-state index is -0.171. The van der Waals surface area contributed by atoms with Crippen LogP contribution in [0.5, 0.6) is 5.75 Å². The summed E-state index contributed by atoms with van der Waals surface area (Å²) >= 11 is 0. The van der Waals surface area contributed by atoms with Crippen molar-refractivity contribution in [3.05, 3.63) is 24.3 Å². The molecule has 1 amide bonds. The summed E-state index contributed by atoms with van der Waals surface area (Å²) in [5.41, 5.74) is 0.719. The van der Waals surface area contributed by atoms with Crippen LogP contribution in [0.15, 0.2) is 24.3 Å². The van der Waals surface area contributed by atoms with Gasteiger partial charge in [0.2, 0.25) is 5.91 Å². The van der Waals surface area contributed by atoms with Crippen molar-refractivity contribution in [2.45, 2.75) is 33.7 Å². The summed E-state index contributed by atoms with van der Waals surface area (Å²) in [6, 6.07) is 7.34. The molecule has 0 bridgehead atoms. The molecule has 5 nitrogen and oxygen atoms in total. The van der Waals surface area contributed by atoms with Crippen molar-refractivity contribution in [2.24, 2.45) is 0 Å². The van der Waals surface area contributed by atoms with Gasteiger partial charge in [0.1, 0.15) is 11.8 Å². The first kappa shape index (κ1) is 19.5. The number of likely N-dealkylation sites (N-methyl/N-ethyl adjacent to an activating group) is 2. The second-order valence-electron chi connectivity index (χ2n) is 5.41. The van der Waals surface area contributed by atoms with Crippen LogP contribution in [0.1, 0.15) is 27.7 Å². The van der Waals surface area contributed by atoms with Crippen LogP contribution in [-0.4, -0.2) is 61.6 Å². The highest BCUT2D eigenvalue weighted by Crippen LogP contribution is 2.23. The molecular formula is C18H31N3O2. The summed E-state index contributed by atoms with van der Waals surface area (Å²) in [7, 11) is 1.61. The predicted octanol–water partition coefficient (Wildman–Crippen LogP) is 2.69. The van der Waals surface area contributed by atoms with Crippen molar-refractivity contribution in [1.29, 1.82) is 0 Å². The van der Waals surface area contributed by atoms with E-state index in [9.17, 15) is 4.79 Å². The van der Waals surface area contributed by atoms with E-state index in [-0.39, 0.29) is 11.9 Å². The minimum Gasteiger partial charge on any atom is -0.495 e. The maximum Gasteiger partial charge on any atom is 0.243 e. The van der Waals surface area contributed by atoms with Crippen molar-refractivity contribution in [3.63, 3.8) is 0 Å². The predicted molar refractivity (Wildman–Crippen MR) is 96.1 cm³/mol. The number of methoxy groups -OCH3 is 1. The number of hydrogen-bond donors (Lipinski definition) is 1. The number of amides is 1. The molecule has 0 aliphatic rings. The first-order valence-corrected chi connectivity index (χ1v) is 8.51. The van der Waals surface area contributed by atoms with E-state index in [2.05, 4.69) is 42.8 Å². The van der Waals surface area contributed by atoms with E-state index in [1.54, 1.807) is 7.11 Å². The normalized spacial score (nSPS) is 12.5. The molecule has 1 aromatic rings. The zero-order valence-corrected chi connectivity index (χ0v) is 15.1. The van der Waals surface area contributed by atoms with E-state index in [0.717, 1.165) is 38.4 Å². The standard InChI is InChI=1S/C18H31N3O2/c1-6-20(7-2)14-16(21(8-3)9-4)18(22)19-15-12-10-11-13-17(15)23-5/h10-13,16H,6-9,14H2,1-5H3,(H,19,22). The smallest absolute Gasteiger partial charge is 0.243 e. The zero-order valence-electron chi connectivity index (χ0n) is 15.1. The Kier molecular flexibility index (Phi) is 8.66. The molecule has 0 saturated carbocycles. The summed E-state index contributed by atoms with van der Waals surface area (Å²) in [6.45, 7) is 12.7. The van der Waals surface area contributed by atoms with Crippen LogP contribution in [0, 0.1) is 0 Å². The molecule has 0 aromatic heterocycles. The summed E-state index contributed by atoms with van der Waals surface area (Å²) in [5.74, 6) is 0.701. The molecule has 0 saturated heterocycles. The van der Waals surface area contributed by atoms with E-state index < -0.39 is 0 Å². The number of carbonyl (C=O) groups is 1. The van der Waals surface area contributed by atoms with Gasteiger partial charge in [-0.05, 0) is 38.3 Å². The Morgan fingerprint density at radius 1 is 1.09 bits per heavy atom. The highest BCUT2D eigenvalue weighted by atomic mass is 16.5. The molecular weight excluding hydrogens is 290 g/mol. The number of rotatable bonds is 10. The van der Waals surface area contributed by atoms with Gasteiger partial charge in [0.25, 0.3) is 0 Å². The molecule has 0 radical (unpaired) electrons. The van der Waals surface area contributed by atoms with Crippen LogP contribution >= 0.6 is 0 Å². The van der Waals surface area contributed by atoms with Crippen LogP contribution in [0.3, 0.4) is 0 Å². The van der Waals surface area contributed by atoms with E-state index in [4.69, 9.17) is 4.74 Å². The Morgan fingerprint density at radius 3 is 2.22 bits per heavy atom. The van der Waals surface area contributed by atoms with Crippen LogP contribution in [0.2, 0.25) is 0 Å². The van der Waals surface area contributed by atoms with Crippen LogP contribution in [-0.2, 0) is 4.79 Å². The van der Waals surface area contributed by atoms with Gasteiger partial charge < -0.3 is 15.0 Å². The molecule has 23 heavy (non-hydrogen) atoms. The number of para-hydroxylation sites is 2. The average molecular weight is 321 g/mol. The van der Waals surface area contributed by atoms with Gasteiger partial charge in [0, 0.05) is 6.54 Å². The fourth-order valence-electron chi connectivity index (χ4n) is 2.72. The first-order chi connectivity index (χ1) is 11.1. The average Bonchev–Trinajstić information content (AvgIpc) is 2.59. The van der Waals surface area contributed by atoms with Crippen LogP contribution in [0.25, 0.3) is 0 Å². The topological polar surface area (TPSA) is 44.8 Å². The van der Waals surface area contributed by atoms with Gasteiger partial charge in [-0.2, -0.15) is 0 Å². The lowest BCUT2D eigenvalue weighted by atomic mass is 10.2. The van der Waals surface area contributed by atoms with Gasteiger partial charge in [-0.1, -0.05) is 39.8 Å². The second kappa shape index (κ2) is 10.2.